The van der Waals surface area contributed by atoms with Crippen LogP contribution in [0.1, 0.15) is 19.4 Å². The molecule has 0 saturated carbocycles. The zero-order valence-electron chi connectivity index (χ0n) is 13.4. The van der Waals surface area contributed by atoms with Crippen LogP contribution in [-0.4, -0.2) is 23.1 Å². The Kier molecular flexibility index (Phi) is 5.31. The van der Waals surface area contributed by atoms with Crippen molar-refractivity contribution in [3.05, 3.63) is 66.2 Å². The van der Waals surface area contributed by atoms with E-state index in [0.29, 0.717) is 5.69 Å². The van der Waals surface area contributed by atoms with E-state index in [-0.39, 0.29) is 5.56 Å². The third kappa shape index (κ3) is 3.44. The number of nitrogens with one attached hydrogen (secondary N) is 1. The topological polar surface area (TPSA) is 69.6 Å². The number of para-hydroxylation sites is 1. The van der Waals surface area contributed by atoms with Crippen LogP contribution in [0.5, 0.6) is 0 Å². The summed E-state index contributed by atoms with van der Waals surface area (Å²) in [5.41, 5.74) is -0.279. The number of nitrogens with zero attached hydrogens (tertiary/aromatic N) is 1. The number of benzene rings is 2. The van der Waals surface area contributed by atoms with Crippen LogP contribution in [0.3, 0.4) is 0 Å². The Morgan fingerprint density at radius 3 is 2.08 bits per heavy atom. The molecule has 126 valence electrons. The Morgan fingerprint density at radius 2 is 1.58 bits per heavy atom. The Balaban J connectivity index is 2.47. The number of hydrogen-bond acceptors (Lipinski definition) is 3. The van der Waals surface area contributed by atoms with Crippen LogP contribution in [0, 0.1) is 0 Å². The number of halogens is 1. The predicted octanol–water partition coefficient (Wildman–Crippen LogP) is 2.80. The molecular formula is C18H19FN2O3. The van der Waals surface area contributed by atoms with E-state index < -0.39 is 23.5 Å². The van der Waals surface area contributed by atoms with E-state index in [9.17, 15) is 9.59 Å². The lowest BCUT2D eigenvalue weighted by atomic mass is 9.95. The molecule has 0 spiro atoms. The van der Waals surface area contributed by atoms with E-state index in [1.165, 1.54) is 24.5 Å². The summed E-state index contributed by atoms with van der Waals surface area (Å²) < 4.78 is 15.3. The fourth-order valence-corrected chi connectivity index (χ4v) is 2.42. The van der Waals surface area contributed by atoms with Crippen molar-refractivity contribution in [1.82, 2.24) is 5.48 Å². The Labute approximate surface area is 139 Å². The molecule has 2 unspecified atom stereocenters. The molecule has 2 aromatic rings. The van der Waals surface area contributed by atoms with Crippen LogP contribution >= 0.6 is 0 Å². The molecule has 0 aromatic heterocycles. The standard InChI is InChI=1S/C18H19FN2O3/c1-13(16(22)20-24)21(15-11-7-4-8-12-15)17(23)18(2,19)14-9-5-3-6-10-14/h3-13,24H,1-2H3,(H,20,22). The summed E-state index contributed by atoms with van der Waals surface area (Å²) in [5.74, 6) is -1.70. The largest absolute Gasteiger partial charge is 0.297 e. The molecule has 0 aliphatic carbocycles. The molecule has 5 nitrogen and oxygen atoms in total. The monoisotopic (exact) mass is 330 g/mol. The van der Waals surface area contributed by atoms with Crippen molar-refractivity contribution in [1.29, 1.82) is 0 Å². The zero-order chi connectivity index (χ0) is 17.7. The Hall–Kier alpha value is -2.73. The molecule has 2 rings (SSSR count). The molecule has 2 N–H and O–H groups in total. The summed E-state index contributed by atoms with van der Waals surface area (Å²) in [6.07, 6.45) is 0. The van der Waals surface area contributed by atoms with Gasteiger partial charge in [-0.05, 0) is 31.5 Å². The minimum absolute atomic E-state index is 0.188. The summed E-state index contributed by atoms with van der Waals surface area (Å²) >= 11 is 0. The van der Waals surface area contributed by atoms with Gasteiger partial charge >= 0.3 is 0 Å². The first-order valence-corrected chi connectivity index (χ1v) is 7.46. The summed E-state index contributed by atoms with van der Waals surface area (Å²) in [4.78, 5) is 25.8. The third-order valence-electron chi connectivity index (χ3n) is 3.85. The summed E-state index contributed by atoms with van der Waals surface area (Å²) in [6.45, 7) is 2.57. The van der Waals surface area contributed by atoms with Gasteiger partial charge in [0.15, 0.2) is 0 Å². The highest BCUT2D eigenvalue weighted by Gasteiger charge is 2.42. The zero-order valence-corrected chi connectivity index (χ0v) is 13.4. The van der Waals surface area contributed by atoms with Gasteiger partial charge in [-0.3, -0.25) is 19.7 Å². The molecule has 0 bridgehead atoms. The summed E-state index contributed by atoms with van der Waals surface area (Å²) in [7, 11) is 0. The van der Waals surface area contributed by atoms with E-state index in [0.717, 1.165) is 11.8 Å². The van der Waals surface area contributed by atoms with E-state index in [1.54, 1.807) is 48.5 Å². The first-order chi connectivity index (χ1) is 11.4. The van der Waals surface area contributed by atoms with Gasteiger partial charge in [-0.15, -0.1) is 0 Å². The first-order valence-electron chi connectivity index (χ1n) is 7.46. The second-order valence-electron chi connectivity index (χ2n) is 5.53. The normalized spacial score (nSPS) is 14.3. The maximum absolute atomic E-state index is 15.3. The number of carbonyl (C=O) groups excluding carboxylic acids is 2. The highest BCUT2D eigenvalue weighted by atomic mass is 19.1. The van der Waals surface area contributed by atoms with Gasteiger partial charge < -0.3 is 0 Å². The number of amides is 2. The lowest BCUT2D eigenvalue weighted by Gasteiger charge is -2.33. The number of anilines is 1. The second kappa shape index (κ2) is 7.23. The van der Waals surface area contributed by atoms with Crippen molar-refractivity contribution >= 4 is 17.5 Å². The van der Waals surface area contributed by atoms with E-state index in [4.69, 9.17) is 5.21 Å². The fourth-order valence-electron chi connectivity index (χ4n) is 2.42. The summed E-state index contributed by atoms with van der Waals surface area (Å²) in [6, 6.07) is 15.2. The van der Waals surface area contributed by atoms with Crippen molar-refractivity contribution in [2.45, 2.75) is 25.6 Å². The molecule has 0 aliphatic rings. The molecular weight excluding hydrogens is 311 g/mol. The van der Waals surface area contributed by atoms with E-state index >= 15 is 4.39 Å². The van der Waals surface area contributed by atoms with Crippen LogP contribution in [0.15, 0.2) is 60.7 Å². The van der Waals surface area contributed by atoms with Gasteiger partial charge in [-0.25, -0.2) is 9.87 Å². The number of hydroxylamine groups is 1. The van der Waals surface area contributed by atoms with E-state index in [1.807, 2.05) is 0 Å². The maximum Gasteiger partial charge on any atom is 0.269 e. The average Bonchev–Trinajstić information content (AvgIpc) is 2.62. The molecule has 0 saturated heterocycles. The van der Waals surface area contributed by atoms with Crippen molar-refractivity contribution in [2.75, 3.05) is 4.90 Å². The second-order valence-corrected chi connectivity index (χ2v) is 5.53. The molecule has 2 atom stereocenters. The lowest BCUT2D eigenvalue weighted by molar-refractivity contribution is -0.135. The third-order valence-corrected chi connectivity index (χ3v) is 3.85. The van der Waals surface area contributed by atoms with Crippen molar-refractivity contribution in [2.24, 2.45) is 0 Å². The van der Waals surface area contributed by atoms with Crippen LogP contribution in [0.25, 0.3) is 0 Å². The van der Waals surface area contributed by atoms with Gasteiger partial charge in [0, 0.05) is 5.69 Å². The van der Waals surface area contributed by atoms with Crippen LogP contribution in [0.2, 0.25) is 0 Å². The van der Waals surface area contributed by atoms with Gasteiger partial charge in [-0.1, -0.05) is 48.5 Å². The predicted molar refractivity (Wildman–Crippen MR) is 88.2 cm³/mol. The van der Waals surface area contributed by atoms with Gasteiger partial charge in [0.05, 0.1) is 0 Å². The highest BCUT2D eigenvalue weighted by molar-refractivity contribution is 6.04. The quantitative estimate of drug-likeness (QED) is 0.654. The highest BCUT2D eigenvalue weighted by Crippen LogP contribution is 2.31. The number of carbonyl (C=O) groups is 2. The maximum atomic E-state index is 15.3. The molecule has 0 radical (unpaired) electrons. The smallest absolute Gasteiger partial charge is 0.269 e. The molecule has 0 aliphatic heterocycles. The molecule has 24 heavy (non-hydrogen) atoms. The Morgan fingerprint density at radius 1 is 1.08 bits per heavy atom. The molecule has 2 aromatic carbocycles. The SMILES string of the molecule is CC(C(=O)NO)N(C(=O)C(C)(F)c1ccccc1)c1ccccc1. The molecule has 6 heteroatoms. The van der Waals surface area contributed by atoms with Gasteiger partial charge in [0.25, 0.3) is 11.8 Å². The van der Waals surface area contributed by atoms with Crippen LogP contribution in [-0.2, 0) is 15.3 Å². The van der Waals surface area contributed by atoms with E-state index in [2.05, 4.69) is 0 Å². The summed E-state index contributed by atoms with van der Waals surface area (Å²) in [5, 5.41) is 8.87. The van der Waals surface area contributed by atoms with Gasteiger partial charge in [0.1, 0.15) is 6.04 Å². The first kappa shape index (κ1) is 17.6. The molecule has 0 heterocycles. The number of rotatable bonds is 5. The average molecular weight is 330 g/mol. The molecule has 2 amide bonds. The van der Waals surface area contributed by atoms with Crippen LogP contribution < -0.4 is 10.4 Å². The fraction of sp³-hybridized carbons (Fsp3) is 0.222. The van der Waals surface area contributed by atoms with Crippen molar-refractivity contribution in [3.8, 4) is 0 Å². The van der Waals surface area contributed by atoms with Gasteiger partial charge in [-0.2, -0.15) is 0 Å². The number of hydrogen-bond donors (Lipinski definition) is 2. The van der Waals surface area contributed by atoms with Crippen molar-refractivity contribution in [3.63, 3.8) is 0 Å². The number of alkyl halides is 1. The van der Waals surface area contributed by atoms with Crippen molar-refractivity contribution < 1.29 is 19.2 Å². The van der Waals surface area contributed by atoms with Crippen LogP contribution in [0.4, 0.5) is 10.1 Å². The lowest BCUT2D eigenvalue weighted by Crippen LogP contribution is -2.52. The molecule has 0 fully saturated rings. The minimum atomic E-state index is -2.33. The van der Waals surface area contributed by atoms with Gasteiger partial charge in [0.2, 0.25) is 5.67 Å². The Bertz CT molecular complexity index is 705. The minimum Gasteiger partial charge on any atom is -0.297 e.